The van der Waals surface area contributed by atoms with Gasteiger partial charge in [-0.1, -0.05) is 6.07 Å². The minimum atomic E-state index is -0.757. The van der Waals surface area contributed by atoms with Gasteiger partial charge in [-0.05, 0) is 106 Å². The molecule has 8 nitrogen and oxygen atoms in total. The number of benzene rings is 2. The molecule has 1 aliphatic heterocycles. The molecule has 10 heteroatoms. The Hall–Kier alpha value is -2.26. The van der Waals surface area contributed by atoms with Gasteiger partial charge in [0, 0.05) is 54.3 Å². The van der Waals surface area contributed by atoms with Crippen LogP contribution in [0.15, 0.2) is 59.6 Å². The molecule has 0 aliphatic carbocycles. The van der Waals surface area contributed by atoms with Gasteiger partial charge in [-0.3, -0.25) is 0 Å². The number of nitrogens with zero attached hydrogens (tertiary/aromatic N) is 3. The maximum atomic E-state index is 5.71. The molecule has 1 fully saturated rings. The van der Waals surface area contributed by atoms with Gasteiger partial charge in [0.2, 0.25) is 5.95 Å². The van der Waals surface area contributed by atoms with E-state index in [2.05, 4.69) is 86.5 Å². The number of nitrogens with one attached hydrogen (secondary N) is 3. The number of rotatable bonds is 14. The van der Waals surface area contributed by atoms with Gasteiger partial charge in [0.25, 0.3) is 0 Å². The molecule has 0 radical (unpaired) electrons. The first-order valence-corrected chi connectivity index (χ1v) is 15.9. The standard InChI is InChI=1S/C29H41N6O2PS/c1-5-36-38(37-6-2)20-17-30-24-14-18-35(19-15-24)39-27-11-9-25(10-12-27)33-29-31-16-13-28(34-29)32-26-8-7-22(3)23(4)21-26/h7-13,16,21,24,30H,5-6,14-15,17-20H2,1-4H3,(H2,31,32,33,34). The van der Waals surface area contributed by atoms with Gasteiger partial charge in [-0.2, -0.15) is 4.98 Å². The molecular formula is C29H41N6O2PS. The van der Waals surface area contributed by atoms with Crippen LogP contribution < -0.4 is 16.0 Å². The lowest BCUT2D eigenvalue weighted by atomic mass is 10.1. The Labute approximate surface area is 238 Å². The van der Waals surface area contributed by atoms with Gasteiger partial charge in [-0.25, -0.2) is 9.29 Å². The molecule has 0 spiro atoms. The van der Waals surface area contributed by atoms with Crippen molar-refractivity contribution in [3.8, 4) is 0 Å². The van der Waals surface area contributed by atoms with Crippen molar-refractivity contribution in [3.05, 3.63) is 65.9 Å². The first-order valence-electron chi connectivity index (χ1n) is 13.8. The summed E-state index contributed by atoms with van der Waals surface area (Å²) in [5.41, 5.74) is 4.50. The second-order valence-electron chi connectivity index (χ2n) is 9.48. The predicted molar refractivity (Wildman–Crippen MR) is 164 cm³/mol. The average molecular weight is 569 g/mol. The molecule has 0 atom stereocenters. The van der Waals surface area contributed by atoms with E-state index in [0.717, 1.165) is 55.8 Å². The summed E-state index contributed by atoms with van der Waals surface area (Å²) in [6, 6.07) is 17.2. The second-order valence-corrected chi connectivity index (χ2v) is 12.3. The summed E-state index contributed by atoms with van der Waals surface area (Å²) in [5, 5.41) is 10.4. The number of piperidine rings is 1. The van der Waals surface area contributed by atoms with E-state index in [0.29, 0.717) is 25.2 Å². The third-order valence-electron chi connectivity index (χ3n) is 6.51. The largest absolute Gasteiger partial charge is 0.340 e. The van der Waals surface area contributed by atoms with Gasteiger partial charge >= 0.3 is 0 Å². The lowest BCUT2D eigenvalue weighted by Gasteiger charge is -2.31. The van der Waals surface area contributed by atoms with Crippen molar-refractivity contribution in [3.63, 3.8) is 0 Å². The third kappa shape index (κ3) is 9.71. The van der Waals surface area contributed by atoms with E-state index < -0.39 is 8.38 Å². The molecule has 3 N–H and O–H groups in total. The summed E-state index contributed by atoms with van der Waals surface area (Å²) in [6.45, 7) is 12.8. The highest BCUT2D eigenvalue weighted by molar-refractivity contribution is 7.97. The molecular weight excluding hydrogens is 527 g/mol. The van der Waals surface area contributed by atoms with E-state index in [1.54, 1.807) is 6.20 Å². The van der Waals surface area contributed by atoms with Gasteiger partial charge in [0.1, 0.15) is 5.82 Å². The SMILES string of the molecule is CCOP(CCNC1CCN(Sc2ccc(Nc3nccc(Nc4ccc(C)c(C)c4)n3)cc2)CC1)OCC. The van der Waals surface area contributed by atoms with Crippen molar-refractivity contribution in [2.75, 3.05) is 49.6 Å². The molecule has 0 amide bonds. The molecule has 3 aromatic rings. The highest BCUT2D eigenvalue weighted by atomic mass is 32.2. The summed E-state index contributed by atoms with van der Waals surface area (Å²) in [4.78, 5) is 10.2. The smallest absolute Gasteiger partial charge is 0.229 e. The maximum Gasteiger partial charge on any atom is 0.229 e. The van der Waals surface area contributed by atoms with Crippen LogP contribution in [0.5, 0.6) is 0 Å². The van der Waals surface area contributed by atoms with E-state index in [4.69, 9.17) is 9.05 Å². The highest BCUT2D eigenvalue weighted by Gasteiger charge is 2.20. The summed E-state index contributed by atoms with van der Waals surface area (Å²) < 4.78 is 13.9. The van der Waals surface area contributed by atoms with Crippen LogP contribution in [0.4, 0.5) is 23.1 Å². The van der Waals surface area contributed by atoms with Crippen molar-refractivity contribution >= 4 is 43.5 Å². The maximum absolute atomic E-state index is 5.71. The Kier molecular flexibility index (Phi) is 11.8. The highest BCUT2D eigenvalue weighted by Crippen LogP contribution is 2.37. The van der Waals surface area contributed by atoms with Crippen molar-refractivity contribution in [1.82, 2.24) is 19.6 Å². The quantitative estimate of drug-likeness (QED) is 0.140. The van der Waals surface area contributed by atoms with Crippen molar-refractivity contribution in [2.24, 2.45) is 0 Å². The van der Waals surface area contributed by atoms with E-state index in [-0.39, 0.29) is 0 Å². The van der Waals surface area contributed by atoms with Crippen LogP contribution in [0.3, 0.4) is 0 Å². The van der Waals surface area contributed by atoms with Gasteiger partial charge in [0.05, 0.1) is 13.2 Å². The van der Waals surface area contributed by atoms with Crippen LogP contribution >= 0.6 is 20.3 Å². The predicted octanol–water partition coefficient (Wildman–Crippen LogP) is 7.03. The molecule has 1 saturated heterocycles. The summed E-state index contributed by atoms with van der Waals surface area (Å²) in [7, 11) is -0.757. The molecule has 4 rings (SSSR count). The van der Waals surface area contributed by atoms with Gasteiger partial charge in [0.15, 0.2) is 8.38 Å². The molecule has 39 heavy (non-hydrogen) atoms. The average Bonchev–Trinajstić information content (AvgIpc) is 2.93. The van der Waals surface area contributed by atoms with Crippen LogP contribution in [-0.4, -0.2) is 59.3 Å². The fourth-order valence-electron chi connectivity index (χ4n) is 4.30. The molecule has 210 valence electrons. The number of aromatic nitrogens is 2. The lowest BCUT2D eigenvalue weighted by Crippen LogP contribution is -2.40. The molecule has 0 bridgehead atoms. The van der Waals surface area contributed by atoms with Crippen molar-refractivity contribution in [1.29, 1.82) is 0 Å². The summed E-state index contributed by atoms with van der Waals surface area (Å²) in [5.74, 6) is 1.32. The molecule has 1 aliphatic rings. The Morgan fingerprint density at radius 3 is 2.33 bits per heavy atom. The molecule has 2 heterocycles. The fourth-order valence-corrected chi connectivity index (χ4v) is 6.47. The minimum Gasteiger partial charge on any atom is -0.340 e. The van der Waals surface area contributed by atoms with Crippen LogP contribution in [-0.2, 0) is 9.05 Å². The van der Waals surface area contributed by atoms with E-state index in [1.807, 2.05) is 31.9 Å². The Morgan fingerprint density at radius 1 is 0.923 bits per heavy atom. The zero-order valence-corrected chi connectivity index (χ0v) is 25.2. The number of hydrogen-bond donors (Lipinski definition) is 3. The zero-order chi connectivity index (χ0) is 27.5. The molecule has 1 aromatic heterocycles. The van der Waals surface area contributed by atoms with Crippen molar-refractivity contribution < 1.29 is 9.05 Å². The molecule has 2 aromatic carbocycles. The van der Waals surface area contributed by atoms with Crippen LogP contribution in [0.1, 0.15) is 37.8 Å². The van der Waals surface area contributed by atoms with Gasteiger partial charge < -0.3 is 25.0 Å². The Bertz CT molecular complexity index is 1150. The first-order chi connectivity index (χ1) is 19.0. The topological polar surface area (TPSA) is 83.6 Å². The fraction of sp³-hybridized carbons (Fsp3) is 0.448. The van der Waals surface area contributed by atoms with E-state index in [1.165, 1.54) is 16.0 Å². The lowest BCUT2D eigenvalue weighted by molar-refractivity contribution is 0.267. The van der Waals surface area contributed by atoms with E-state index >= 15 is 0 Å². The van der Waals surface area contributed by atoms with Crippen molar-refractivity contribution in [2.45, 2.75) is 51.5 Å². The zero-order valence-electron chi connectivity index (χ0n) is 23.4. The van der Waals surface area contributed by atoms with Crippen LogP contribution in [0.2, 0.25) is 0 Å². The first kappa shape index (κ1) is 29.7. The number of aryl methyl sites for hydroxylation is 2. The third-order valence-corrected chi connectivity index (χ3v) is 9.29. The van der Waals surface area contributed by atoms with Crippen LogP contribution in [0, 0.1) is 13.8 Å². The molecule has 0 saturated carbocycles. The monoisotopic (exact) mass is 568 g/mol. The Morgan fingerprint density at radius 2 is 1.64 bits per heavy atom. The normalized spacial score (nSPS) is 14.6. The van der Waals surface area contributed by atoms with E-state index in [9.17, 15) is 0 Å². The van der Waals surface area contributed by atoms with Crippen LogP contribution in [0.25, 0.3) is 0 Å². The number of hydrogen-bond acceptors (Lipinski definition) is 9. The summed E-state index contributed by atoms with van der Waals surface area (Å²) in [6.07, 6.45) is 5.01. The summed E-state index contributed by atoms with van der Waals surface area (Å²) >= 11 is 1.83. The molecule has 0 unspecified atom stereocenters. The van der Waals surface area contributed by atoms with Gasteiger partial charge in [-0.15, -0.1) is 0 Å². The minimum absolute atomic E-state index is 0.564. The second kappa shape index (κ2) is 15.5. The number of anilines is 4. The Balaban J connectivity index is 1.20.